The summed E-state index contributed by atoms with van der Waals surface area (Å²) < 4.78 is 45.1. The van der Waals surface area contributed by atoms with Crippen molar-refractivity contribution in [2.75, 3.05) is 12.4 Å². The first-order valence-corrected chi connectivity index (χ1v) is 7.50. The Balaban J connectivity index is 3.24. The number of amides is 1. The molecule has 0 radical (unpaired) electrons. The van der Waals surface area contributed by atoms with E-state index in [9.17, 15) is 22.8 Å². The van der Waals surface area contributed by atoms with E-state index in [1.807, 2.05) is 5.32 Å². The Morgan fingerprint density at radius 3 is 2.39 bits per heavy atom. The monoisotopic (exact) mass is 353 g/mol. The maximum absolute atomic E-state index is 13.6. The number of halogens is 3. The molecule has 1 atom stereocenters. The average molecular weight is 353 g/mol. The molecule has 0 aliphatic heterocycles. The third-order valence-electron chi connectivity index (χ3n) is 2.75. The lowest BCUT2D eigenvalue weighted by molar-refractivity contribution is -0.206. The molecule has 1 amide bonds. The number of carbonyl (C=O) groups is 2. The van der Waals surface area contributed by atoms with E-state index in [0.717, 1.165) is 18.4 Å². The van der Waals surface area contributed by atoms with Gasteiger partial charge in [-0.3, -0.25) is 4.79 Å². The van der Waals surface area contributed by atoms with Gasteiger partial charge in [-0.1, -0.05) is 13.8 Å². The summed E-state index contributed by atoms with van der Waals surface area (Å²) in [6, 6.07) is 0. The first kappa shape index (κ1) is 19.2. The number of hydrogen-bond donors (Lipinski definition) is 2. The molecule has 0 aliphatic carbocycles. The van der Waals surface area contributed by atoms with Crippen LogP contribution in [0.4, 0.5) is 18.3 Å². The quantitative estimate of drug-likeness (QED) is 0.607. The zero-order chi connectivity index (χ0) is 17.8. The predicted octanol–water partition coefficient (Wildman–Crippen LogP) is 2.46. The Morgan fingerprint density at radius 1 is 1.39 bits per heavy atom. The van der Waals surface area contributed by atoms with Gasteiger partial charge in [0.15, 0.2) is 5.13 Å². The molecule has 0 saturated heterocycles. The lowest BCUT2D eigenvalue weighted by atomic mass is 10.1. The average Bonchev–Trinajstić information content (AvgIpc) is 2.79. The molecule has 6 nitrogen and oxygen atoms in total. The van der Waals surface area contributed by atoms with Crippen molar-refractivity contribution >= 4 is 28.3 Å². The van der Waals surface area contributed by atoms with Gasteiger partial charge in [-0.15, -0.1) is 11.3 Å². The van der Waals surface area contributed by atoms with Crippen LogP contribution in [0.1, 0.15) is 25.1 Å². The van der Waals surface area contributed by atoms with E-state index < -0.39 is 23.7 Å². The number of aromatic nitrogens is 1. The van der Waals surface area contributed by atoms with Crippen LogP contribution in [-0.2, 0) is 14.3 Å². The largest absolute Gasteiger partial charge is 0.466 e. The van der Waals surface area contributed by atoms with E-state index >= 15 is 0 Å². The van der Waals surface area contributed by atoms with Crippen molar-refractivity contribution in [2.45, 2.75) is 39.0 Å². The van der Waals surface area contributed by atoms with Gasteiger partial charge in [-0.25, -0.2) is 9.78 Å². The summed E-state index contributed by atoms with van der Waals surface area (Å²) >= 11 is 0.918. The number of ether oxygens (including phenoxy) is 1. The number of nitrogens with zero attached hydrogens (tertiary/aromatic N) is 1. The van der Waals surface area contributed by atoms with Crippen LogP contribution in [0.25, 0.3) is 0 Å². The van der Waals surface area contributed by atoms with Gasteiger partial charge in [0.1, 0.15) is 0 Å². The van der Waals surface area contributed by atoms with Crippen LogP contribution in [0.15, 0.2) is 6.20 Å². The summed E-state index contributed by atoms with van der Waals surface area (Å²) in [4.78, 5) is 28.1. The molecule has 0 unspecified atom stereocenters. The first-order valence-electron chi connectivity index (χ1n) is 6.68. The van der Waals surface area contributed by atoms with E-state index in [-0.39, 0.29) is 17.5 Å². The minimum atomic E-state index is -5.13. The lowest BCUT2D eigenvalue weighted by Gasteiger charge is -2.34. The minimum Gasteiger partial charge on any atom is -0.466 e. The number of carbonyl (C=O) groups excluding carboxylic acids is 2. The molecule has 1 aromatic heterocycles. The van der Waals surface area contributed by atoms with Gasteiger partial charge in [0, 0.05) is 17.5 Å². The Labute approximate surface area is 135 Å². The number of nitrogens with one attached hydrogen (secondary N) is 2. The number of thiazole rings is 1. The van der Waals surface area contributed by atoms with E-state index in [1.54, 1.807) is 26.1 Å². The Bertz CT molecular complexity index is 574. The fourth-order valence-electron chi connectivity index (χ4n) is 1.75. The zero-order valence-corrected chi connectivity index (χ0v) is 13.9. The number of esters is 1. The molecule has 1 heterocycles. The van der Waals surface area contributed by atoms with Crippen molar-refractivity contribution in [3.05, 3.63) is 11.1 Å². The highest BCUT2D eigenvalue weighted by molar-refractivity contribution is 7.15. The second-order valence-electron chi connectivity index (χ2n) is 5.29. The number of rotatable bonds is 6. The second kappa shape index (κ2) is 7.16. The van der Waals surface area contributed by atoms with Crippen molar-refractivity contribution in [1.82, 2.24) is 10.3 Å². The highest BCUT2D eigenvalue weighted by atomic mass is 32.1. The van der Waals surface area contributed by atoms with Gasteiger partial charge < -0.3 is 15.4 Å². The van der Waals surface area contributed by atoms with Gasteiger partial charge in [-0.05, 0) is 12.8 Å². The molecule has 0 bridgehead atoms. The summed E-state index contributed by atoms with van der Waals surface area (Å²) in [7, 11) is 0.812. The van der Waals surface area contributed by atoms with Crippen LogP contribution in [0.3, 0.4) is 0 Å². The van der Waals surface area contributed by atoms with Gasteiger partial charge in [-0.2, -0.15) is 13.2 Å². The van der Waals surface area contributed by atoms with Crippen LogP contribution in [-0.4, -0.2) is 35.8 Å². The standard InChI is InChI=1S/C13H18F3N3O3S/c1-7(2)5-9(20)18-12(10(21)22-4,13(14,15)16)19-11-17-6-8(3)23-11/h6-7H,5H2,1-4H3,(H,17,19)(H,18,20)/t12-/m1/s1. The smallest absolute Gasteiger partial charge is 0.442 e. The van der Waals surface area contributed by atoms with E-state index in [4.69, 9.17) is 0 Å². The second-order valence-corrected chi connectivity index (χ2v) is 6.52. The van der Waals surface area contributed by atoms with Crippen LogP contribution in [0.5, 0.6) is 0 Å². The topological polar surface area (TPSA) is 80.3 Å². The van der Waals surface area contributed by atoms with E-state index in [1.165, 1.54) is 6.20 Å². The first-order chi connectivity index (χ1) is 10.5. The number of methoxy groups -OCH3 is 1. The molecule has 130 valence electrons. The third-order valence-corrected chi connectivity index (χ3v) is 3.58. The summed E-state index contributed by atoms with van der Waals surface area (Å²) in [5.41, 5.74) is -3.39. The van der Waals surface area contributed by atoms with E-state index in [2.05, 4.69) is 9.72 Å². The normalized spacial score (nSPS) is 14.3. The number of aryl methyl sites for hydroxylation is 1. The van der Waals surface area contributed by atoms with Crippen LogP contribution in [0.2, 0.25) is 0 Å². The Kier molecular flexibility index (Phi) is 5.98. The molecular formula is C13H18F3N3O3S. The zero-order valence-electron chi connectivity index (χ0n) is 13.1. The molecule has 0 aromatic carbocycles. The van der Waals surface area contributed by atoms with Crippen LogP contribution < -0.4 is 10.6 Å². The van der Waals surface area contributed by atoms with Crippen LogP contribution in [0, 0.1) is 12.8 Å². The highest BCUT2D eigenvalue weighted by Crippen LogP contribution is 2.34. The molecule has 10 heteroatoms. The molecule has 23 heavy (non-hydrogen) atoms. The molecule has 1 aromatic rings. The van der Waals surface area contributed by atoms with Crippen molar-refractivity contribution < 1.29 is 27.5 Å². The summed E-state index contributed by atoms with van der Waals surface area (Å²) in [6.45, 7) is 4.99. The Morgan fingerprint density at radius 2 is 2.00 bits per heavy atom. The molecule has 0 aliphatic rings. The molecular weight excluding hydrogens is 335 g/mol. The molecule has 0 saturated carbocycles. The lowest BCUT2D eigenvalue weighted by Crippen LogP contribution is -2.69. The Hall–Kier alpha value is -1.84. The van der Waals surface area contributed by atoms with Gasteiger partial charge in [0.2, 0.25) is 5.91 Å². The van der Waals surface area contributed by atoms with Crippen molar-refractivity contribution in [1.29, 1.82) is 0 Å². The number of anilines is 1. The fraction of sp³-hybridized carbons (Fsp3) is 0.615. The summed E-state index contributed by atoms with van der Waals surface area (Å²) in [5.74, 6) is -2.78. The van der Waals surface area contributed by atoms with Crippen molar-refractivity contribution in [2.24, 2.45) is 5.92 Å². The van der Waals surface area contributed by atoms with Gasteiger partial charge in [0.05, 0.1) is 7.11 Å². The maximum Gasteiger partial charge on any atom is 0.442 e. The van der Waals surface area contributed by atoms with E-state index in [0.29, 0.717) is 4.88 Å². The fourth-order valence-corrected chi connectivity index (χ4v) is 2.47. The predicted molar refractivity (Wildman–Crippen MR) is 78.9 cm³/mol. The molecule has 1 rings (SSSR count). The molecule has 2 N–H and O–H groups in total. The highest BCUT2D eigenvalue weighted by Gasteiger charge is 2.63. The minimum absolute atomic E-state index is 0.157. The summed E-state index contributed by atoms with van der Waals surface area (Å²) in [6.07, 6.45) is -3.96. The molecule has 0 fully saturated rings. The third kappa shape index (κ3) is 4.57. The number of alkyl halides is 3. The molecule has 0 spiro atoms. The van der Waals surface area contributed by atoms with Gasteiger partial charge >= 0.3 is 17.8 Å². The SMILES string of the molecule is COC(=O)[C@@](NC(=O)CC(C)C)(Nc1ncc(C)s1)C(F)(F)F. The number of hydrogen-bond acceptors (Lipinski definition) is 6. The maximum atomic E-state index is 13.6. The van der Waals surface area contributed by atoms with Crippen LogP contribution >= 0.6 is 11.3 Å². The summed E-state index contributed by atoms with van der Waals surface area (Å²) in [5, 5.41) is 3.55. The van der Waals surface area contributed by atoms with Gasteiger partial charge in [0.25, 0.3) is 0 Å². The van der Waals surface area contributed by atoms with Crippen molar-refractivity contribution in [3.63, 3.8) is 0 Å². The van der Waals surface area contributed by atoms with Crippen molar-refractivity contribution in [3.8, 4) is 0 Å².